The van der Waals surface area contributed by atoms with Crippen molar-refractivity contribution in [2.75, 3.05) is 0 Å². The van der Waals surface area contributed by atoms with Crippen LogP contribution in [0.3, 0.4) is 0 Å². The molecule has 3 heteroatoms. The summed E-state index contributed by atoms with van der Waals surface area (Å²) in [5.74, 6) is -1.19. The molecule has 0 amide bonds. The van der Waals surface area contributed by atoms with Crippen molar-refractivity contribution in [1.29, 1.82) is 0 Å². The molecule has 0 saturated heterocycles. The first kappa shape index (κ1) is 9.21. The molecule has 1 aromatic carbocycles. The molecule has 3 nitrogen and oxygen atoms in total. The van der Waals surface area contributed by atoms with E-state index >= 15 is 0 Å². The molecule has 0 aliphatic heterocycles. The van der Waals surface area contributed by atoms with E-state index in [1.807, 2.05) is 25.1 Å². The molecule has 2 unspecified atom stereocenters. The van der Waals surface area contributed by atoms with Crippen molar-refractivity contribution in [3.05, 3.63) is 34.9 Å². The summed E-state index contributed by atoms with van der Waals surface area (Å²) in [5, 5.41) is 9.05. The van der Waals surface area contributed by atoms with Crippen molar-refractivity contribution in [2.45, 2.75) is 25.3 Å². The minimum absolute atomic E-state index is 0.119. The lowest BCUT2D eigenvalue weighted by molar-refractivity contribution is -0.138. The second-order valence-electron chi connectivity index (χ2n) is 3.81. The molecule has 0 saturated carbocycles. The number of hydrogen-bond donors (Lipinski definition) is 2. The third-order valence-corrected chi connectivity index (χ3v) is 2.89. The van der Waals surface area contributed by atoms with Gasteiger partial charge in [0, 0.05) is 6.04 Å². The number of nitrogens with two attached hydrogens (primary N) is 1. The van der Waals surface area contributed by atoms with Crippen molar-refractivity contribution in [1.82, 2.24) is 0 Å². The van der Waals surface area contributed by atoms with Crippen molar-refractivity contribution in [3.63, 3.8) is 0 Å². The fourth-order valence-corrected chi connectivity index (χ4v) is 2.23. The number of hydrogen-bond acceptors (Lipinski definition) is 2. The van der Waals surface area contributed by atoms with Crippen molar-refractivity contribution < 1.29 is 9.90 Å². The summed E-state index contributed by atoms with van der Waals surface area (Å²) in [6.45, 7) is 1.94. The summed E-state index contributed by atoms with van der Waals surface area (Å²) in [6.07, 6.45) is 0.523. The van der Waals surface area contributed by atoms with Gasteiger partial charge in [0.05, 0.1) is 5.92 Å². The highest BCUT2D eigenvalue weighted by atomic mass is 16.4. The Bertz CT molecular complexity index is 387. The highest BCUT2D eigenvalue weighted by Crippen LogP contribution is 2.40. The number of aryl methyl sites for hydroxylation is 1. The van der Waals surface area contributed by atoms with E-state index in [0.29, 0.717) is 6.42 Å². The van der Waals surface area contributed by atoms with Crippen LogP contribution >= 0.6 is 0 Å². The summed E-state index contributed by atoms with van der Waals surface area (Å²) in [7, 11) is 0. The van der Waals surface area contributed by atoms with E-state index in [-0.39, 0.29) is 6.04 Å². The molecular weight excluding hydrogens is 178 g/mol. The van der Waals surface area contributed by atoms with Crippen LogP contribution in [-0.4, -0.2) is 11.1 Å². The van der Waals surface area contributed by atoms with Crippen LogP contribution in [0.2, 0.25) is 0 Å². The fraction of sp³-hybridized carbons (Fsp3) is 0.364. The standard InChI is InChI=1S/C11H13NO2/c1-6-3-2-4-7-9(12)5-8(10(6)7)11(13)14/h2-4,8-9H,5,12H2,1H3,(H,13,14). The number of carbonyl (C=O) groups is 1. The minimum Gasteiger partial charge on any atom is -0.481 e. The molecule has 2 rings (SSSR count). The zero-order chi connectivity index (χ0) is 10.3. The summed E-state index contributed by atoms with van der Waals surface area (Å²) in [4.78, 5) is 11.0. The van der Waals surface area contributed by atoms with Gasteiger partial charge in [0.2, 0.25) is 0 Å². The largest absolute Gasteiger partial charge is 0.481 e. The number of carboxylic acids is 1. The number of fused-ring (bicyclic) bond motifs is 1. The van der Waals surface area contributed by atoms with Gasteiger partial charge in [-0.25, -0.2) is 0 Å². The van der Waals surface area contributed by atoms with E-state index in [0.717, 1.165) is 16.7 Å². The van der Waals surface area contributed by atoms with Crippen LogP contribution < -0.4 is 5.73 Å². The summed E-state index contributed by atoms with van der Waals surface area (Å²) >= 11 is 0. The van der Waals surface area contributed by atoms with Gasteiger partial charge >= 0.3 is 5.97 Å². The zero-order valence-corrected chi connectivity index (χ0v) is 8.03. The second-order valence-corrected chi connectivity index (χ2v) is 3.81. The van der Waals surface area contributed by atoms with Gasteiger partial charge in [-0.1, -0.05) is 18.2 Å². The molecule has 14 heavy (non-hydrogen) atoms. The van der Waals surface area contributed by atoms with E-state index in [4.69, 9.17) is 10.8 Å². The monoisotopic (exact) mass is 191 g/mol. The van der Waals surface area contributed by atoms with Crippen LogP contribution in [0.4, 0.5) is 0 Å². The van der Waals surface area contributed by atoms with E-state index in [1.54, 1.807) is 0 Å². The Hall–Kier alpha value is -1.35. The number of aliphatic carboxylic acids is 1. The maximum absolute atomic E-state index is 11.0. The average molecular weight is 191 g/mol. The fourth-order valence-electron chi connectivity index (χ4n) is 2.23. The smallest absolute Gasteiger partial charge is 0.311 e. The van der Waals surface area contributed by atoms with Gasteiger partial charge in [-0.05, 0) is 30.0 Å². The van der Waals surface area contributed by atoms with Crippen LogP contribution in [0.1, 0.15) is 35.1 Å². The summed E-state index contributed by atoms with van der Waals surface area (Å²) in [5.41, 5.74) is 8.83. The maximum Gasteiger partial charge on any atom is 0.311 e. The quantitative estimate of drug-likeness (QED) is 0.708. The Morgan fingerprint density at radius 2 is 2.29 bits per heavy atom. The predicted molar refractivity (Wildman–Crippen MR) is 53.1 cm³/mol. The molecule has 1 aromatic rings. The van der Waals surface area contributed by atoms with Crippen LogP contribution in [0, 0.1) is 6.92 Å². The Morgan fingerprint density at radius 1 is 1.57 bits per heavy atom. The molecule has 2 atom stereocenters. The Kier molecular flexibility index (Phi) is 2.04. The van der Waals surface area contributed by atoms with Gasteiger partial charge in [0.1, 0.15) is 0 Å². The Balaban J connectivity index is 2.56. The number of carboxylic acid groups (broad SMARTS) is 1. The molecular formula is C11H13NO2. The number of rotatable bonds is 1. The van der Waals surface area contributed by atoms with Crippen molar-refractivity contribution in [3.8, 4) is 0 Å². The van der Waals surface area contributed by atoms with Gasteiger partial charge in [0.25, 0.3) is 0 Å². The molecule has 0 heterocycles. The molecule has 0 radical (unpaired) electrons. The number of benzene rings is 1. The molecule has 0 bridgehead atoms. The minimum atomic E-state index is -0.770. The van der Waals surface area contributed by atoms with Crippen LogP contribution in [0.15, 0.2) is 18.2 Å². The Morgan fingerprint density at radius 3 is 2.93 bits per heavy atom. The van der Waals surface area contributed by atoms with Crippen molar-refractivity contribution >= 4 is 5.97 Å². The molecule has 74 valence electrons. The zero-order valence-electron chi connectivity index (χ0n) is 8.03. The highest BCUT2D eigenvalue weighted by Gasteiger charge is 2.34. The summed E-state index contributed by atoms with van der Waals surface area (Å²) in [6, 6.07) is 5.67. The van der Waals surface area contributed by atoms with Crippen LogP contribution in [-0.2, 0) is 4.79 Å². The third kappa shape index (κ3) is 1.21. The topological polar surface area (TPSA) is 63.3 Å². The molecule has 1 aliphatic carbocycles. The van der Waals surface area contributed by atoms with Gasteiger partial charge in [-0.3, -0.25) is 4.79 Å². The van der Waals surface area contributed by atoms with E-state index in [9.17, 15) is 4.79 Å². The first-order chi connectivity index (χ1) is 6.61. The lowest BCUT2D eigenvalue weighted by atomic mass is 9.97. The van der Waals surface area contributed by atoms with Gasteiger partial charge in [0.15, 0.2) is 0 Å². The van der Waals surface area contributed by atoms with Gasteiger partial charge in [-0.15, -0.1) is 0 Å². The van der Waals surface area contributed by atoms with Crippen LogP contribution in [0.5, 0.6) is 0 Å². The lowest BCUT2D eigenvalue weighted by Crippen LogP contribution is -2.10. The first-order valence-corrected chi connectivity index (χ1v) is 4.69. The van der Waals surface area contributed by atoms with E-state index < -0.39 is 11.9 Å². The normalized spacial score (nSPS) is 24.7. The lowest BCUT2D eigenvalue weighted by Gasteiger charge is -2.08. The van der Waals surface area contributed by atoms with Gasteiger partial charge < -0.3 is 10.8 Å². The molecule has 0 aromatic heterocycles. The molecule has 0 fully saturated rings. The average Bonchev–Trinajstić information content (AvgIpc) is 2.46. The highest BCUT2D eigenvalue weighted by molar-refractivity contribution is 5.79. The van der Waals surface area contributed by atoms with Crippen molar-refractivity contribution in [2.24, 2.45) is 5.73 Å². The predicted octanol–water partition coefficient (Wildman–Crippen LogP) is 1.57. The molecule has 3 N–H and O–H groups in total. The van der Waals surface area contributed by atoms with Crippen LogP contribution in [0.25, 0.3) is 0 Å². The first-order valence-electron chi connectivity index (χ1n) is 4.69. The molecule has 0 spiro atoms. The maximum atomic E-state index is 11.0. The van der Waals surface area contributed by atoms with E-state index in [2.05, 4.69) is 0 Å². The van der Waals surface area contributed by atoms with E-state index in [1.165, 1.54) is 0 Å². The van der Waals surface area contributed by atoms with Gasteiger partial charge in [-0.2, -0.15) is 0 Å². The SMILES string of the molecule is Cc1cccc2c1C(C(=O)O)CC2N. The Labute approximate surface area is 82.5 Å². The third-order valence-electron chi connectivity index (χ3n) is 2.89. The summed E-state index contributed by atoms with van der Waals surface area (Å²) < 4.78 is 0. The second kappa shape index (κ2) is 3.10. The molecule has 1 aliphatic rings.